The lowest BCUT2D eigenvalue weighted by atomic mass is 10.0. The molecule has 0 aliphatic carbocycles. The van der Waals surface area contributed by atoms with Crippen molar-refractivity contribution < 1.29 is 9.53 Å². The fraction of sp³-hybridized carbons (Fsp3) is 0.333. The summed E-state index contributed by atoms with van der Waals surface area (Å²) in [4.78, 5) is 15.9. The third kappa shape index (κ3) is 2.82. The molecule has 0 saturated heterocycles. The van der Waals surface area contributed by atoms with Gasteiger partial charge in [0, 0.05) is 23.6 Å². The van der Waals surface area contributed by atoms with E-state index in [0.29, 0.717) is 13.0 Å². The van der Waals surface area contributed by atoms with Crippen molar-refractivity contribution in [2.24, 2.45) is 0 Å². The number of aromatic nitrogens is 1. The van der Waals surface area contributed by atoms with Crippen LogP contribution in [0.4, 0.5) is 5.69 Å². The van der Waals surface area contributed by atoms with Crippen molar-refractivity contribution in [1.82, 2.24) is 4.98 Å². The van der Waals surface area contributed by atoms with Gasteiger partial charge in [0.25, 0.3) is 0 Å². The second kappa shape index (κ2) is 5.63. The Kier molecular flexibility index (Phi) is 3.69. The normalized spacial score (nSPS) is 13.8. The molecule has 1 N–H and O–H groups in total. The van der Waals surface area contributed by atoms with Gasteiger partial charge >= 0.3 is 0 Å². The van der Waals surface area contributed by atoms with Crippen molar-refractivity contribution in [3.05, 3.63) is 39.8 Å². The summed E-state index contributed by atoms with van der Waals surface area (Å²) in [6, 6.07) is 5.85. The van der Waals surface area contributed by atoms with E-state index in [1.807, 2.05) is 23.6 Å². The Bertz CT molecular complexity index is 637. The van der Waals surface area contributed by atoms with Crippen molar-refractivity contribution in [2.75, 3.05) is 5.32 Å². The first-order valence-electron chi connectivity index (χ1n) is 6.73. The fourth-order valence-corrected chi connectivity index (χ4v) is 2.90. The Morgan fingerprint density at radius 3 is 3.10 bits per heavy atom. The van der Waals surface area contributed by atoms with Crippen LogP contribution in [0.3, 0.4) is 0 Å². The number of carbonyl (C=O) groups is 1. The lowest BCUT2D eigenvalue weighted by Crippen LogP contribution is -2.18. The molecule has 0 bridgehead atoms. The molecule has 0 unspecified atom stereocenters. The SMILES string of the molecule is CCc1nc(COc2ccc3c(c2)NC(=O)CC3)cs1. The summed E-state index contributed by atoms with van der Waals surface area (Å²) in [6.45, 7) is 2.55. The number of nitrogens with one attached hydrogen (secondary N) is 1. The largest absolute Gasteiger partial charge is 0.487 e. The van der Waals surface area contributed by atoms with E-state index in [0.717, 1.165) is 35.0 Å². The van der Waals surface area contributed by atoms with Gasteiger partial charge in [0.2, 0.25) is 5.91 Å². The highest BCUT2D eigenvalue weighted by atomic mass is 32.1. The summed E-state index contributed by atoms with van der Waals surface area (Å²) < 4.78 is 5.74. The van der Waals surface area contributed by atoms with Gasteiger partial charge in [-0.3, -0.25) is 4.79 Å². The summed E-state index contributed by atoms with van der Waals surface area (Å²) in [5, 5.41) is 6.03. The van der Waals surface area contributed by atoms with Crippen molar-refractivity contribution >= 4 is 22.9 Å². The molecule has 0 radical (unpaired) electrons. The third-order valence-corrected chi connectivity index (χ3v) is 4.31. The Hall–Kier alpha value is -1.88. The van der Waals surface area contributed by atoms with E-state index in [2.05, 4.69) is 17.2 Å². The summed E-state index contributed by atoms with van der Waals surface area (Å²) >= 11 is 1.66. The number of aryl methyl sites for hydroxylation is 2. The van der Waals surface area contributed by atoms with Crippen LogP contribution in [0.15, 0.2) is 23.6 Å². The van der Waals surface area contributed by atoms with Crippen molar-refractivity contribution in [2.45, 2.75) is 32.8 Å². The Morgan fingerprint density at radius 1 is 1.40 bits per heavy atom. The van der Waals surface area contributed by atoms with E-state index in [9.17, 15) is 4.79 Å². The standard InChI is InChI=1S/C15H16N2O2S/c1-2-15-16-11(9-20-15)8-19-12-5-3-10-4-6-14(18)17-13(10)7-12/h3,5,7,9H,2,4,6,8H2,1H3,(H,17,18). The number of nitrogens with zero attached hydrogens (tertiary/aromatic N) is 1. The lowest BCUT2D eigenvalue weighted by Gasteiger charge is -2.17. The maximum Gasteiger partial charge on any atom is 0.224 e. The predicted molar refractivity (Wildman–Crippen MR) is 79.2 cm³/mol. The van der Waals surface area contributed by atoms with Gasteiger partial charge in [-0.25, -0.2) is 4.98 Å². The van der Waals surface area contributed by atoms with Gasteiger partial charge in [-0.05, 0) is 24.5 Å². The summed E-state index contributed by atoms with van der Waals surface area (Å²) in [5.74, 6) is 0.832. The van der Waals surface area contributed by atoms with Crippen LogP contribution in [0.2, 0.25) is 0 Å². The van der Waals surface area contributed by atoms with Crippen LogP contribution in [0.1, 0.15) is 29.6 Å². The fourth-order valence-electron chi connectivity index (χ4n) is 2.18. The molecule has 2 aromatic rings. The number of hydrogen-bond donors (Lipinski definition) is 1. The summed E-state index contributed by atoms with van der Waals surface area (Å²) in [5.41, 5.74) is 2.98. The third-order valence-electron chi connectivity index (χ3n) is 3.27. The molecule has 1 aromatic heterocycles. The number of amides is 1. The van der Waals surface area contributed by atoms with Gasteiger partial charge in [0.15, 0.2) is 0 Å². The van der Waals surface area contributed by atoms with Crippen LogP contribution in [-0.2, 0) is 24.2 Å². The van der Waals surface area contributed by atoms with Crippen LogP contribution < -0.4 is 10.1 Å². The number of hydrogen-bond acceptors (Lipinski definition) is 4. The molecule has 20 heavy (non-hydrogen) atoms. The predicted octanol–water partition coefficient (Wildman–Crippen LogP) is 3.17. The molecule has 104 valence electrons. The zero-order chi connectivity index (χ0) is 13.9. The molecule has 1 aromatic carbocycles. The van der Waals surface area contributed by atoms with Gasteiger partial charge < -0.3 is 10.1 Å². The Labute approximate surface area is 121 Å². The maximum atomic E-state index is 11.4. The molecule has 1 aliphatic heterocycles. The molecule has 5 heteroatoms. The van der Waals surface area contributed by atoms with Crippen LogP contribution in [0, 0.1) is 0 Å². The second-order valence-corrected chi connectivity index (χ2v) is 5.68. The highest BCUT2D eigenvalue weighted by molar-refractivity contribution is 7.09. The molecule has 1 aliphatic rings. The number of carbonyl (C=O) groups excluding carboxylic acids is 1. The van der Waals surface area contributed by atoms with Gasteiger partial charge in [0.1, 0.15) is 12.4 Å². The molecule has 0 fully saturated rings. The molecular weight excluding hydrogens is 272 g/mol. The minimum Gasteiger partial charge on any atom is -0.487 e. The highest BCUT2D eigenvalue weighted by Gasteiger charge is 2.15. The molecule has 1 amide bonds. The monoisotopic (exact) mass is 288 g/mol. The number of rotatable bonds is 4. The molecule has 3 rings (SSSR count). The summed E-state index contributed by atoms with van der Waals surface area (Å²) in [7, 11) is 0. The molecule has 0 atom stereocenters. The number of anilines is 1. The van der Waals surface area contributed by atoms with E-state index in [4.69, 9.17) is 4.74 Å². The van der Waals surface area contributed by atoms with E-state index >= 15 is 0 Å². The number of thiazole rings is 1. The number of fused-ring (bicyclic) bond motifs is 1. The molecule has 2 heterocycles. The Balaban J connectivity index is 1.68. The first-order chi connectivity index (χ1) is 9.74. The van der Waals surface area contributed by atoms with Crippen LogP contribution in [-0.4, -0.2) is 10.9 Å². The van der Waals surface area contributed by atoms with Gasteiger partial charge in [-0.15, -0.1) is 11.3 Å². The highest BCUT2D eigenvalue weighted by Crippen LogP contribution is 2.27. The smallest absolute Gasteiger partial charge is 0.224 e. The zero-order valence-corrected chi connectivity index (χ0v) is 12.1. The van der Waals surface area contributed by atoms with Gasteiger partial charge in [-0.2, -0.15) is 0 Å². The van der Waals surface area contributed by atoms with E-state index in [1.165, 1.54) is 5.56 Å². The molecule has 4 nitrogen and oxygen atoms in total. The topological polar surface area (TPSA) is 51.2 Å². The molecular formula is C15H16N2O2S. The first kappa shape index (κ1) is 13.1. The van der Waals surface area contributed by atoms with Gasteiger partial charge in [-0.1, -0.05) is 13.0 Å². The number of benzene rings is 1. The minimum atomic E-state index is 0.0711. The maximum absolute atomic E-state index is 11.4. The van der Waals surface area contributed by atoms with Crippen molar-refractivity contribution in [3.8, 4) is 5.75 Å². The summed E-state index contributed by atoms with van der Waals surface area (Å²) in [6.07, 6.45) is 2.31. The average Bonchev–Trinajstić information content (AvgIpc) is 2.92. The minimum absolute atomic E-state index is 0.0711. The number of ether oxygens (including phenoxy) is 1. The molecule has 0 spiro atoms. The average molecular weight is 288 g/mol. The van der Waals surface area contributed by atoms with Crippen molar-refractivity contribution in [1.29, 1.82) is 0 Å². The second-order valence-electron chi connectivity index (χ2n) is 4.74. The van der Waals surface area contributed by atoms with Crippen molar-refractivity contribution in [3.63, 3.8) is 0 Å². The molecule has 0 saturated carbocycles. The van der Waals surface area contributed by atoms with E-state index in [1.54, 1.807) is 11.3 Å². The lowest BCUT2D eigenvalue weighted by molar-refractivity contribution is -0.116. The first-order valence-corrected chi connectivity index (χ1v) is 7.61. The van der Waals surface area contributed by atoms with Gasteiger partial charge in [0.05, 0.1) is 10.7 Å². The van der Waals surface area contributed by atoms with E-state index < -0.39 is 0 Å². The quantitative estimate of drug-likeness (QED) is 0.940. The van der Waals surface area contributed by atoms with Crippen LogP contribution >= 0.6 is 11.3 Å². The Morgan fingerprint density at radius 2 is 2.30 bits per heavy atom. The van der Waals surface area contributed by atoms with Crippen LogP contribution in [0.25, 0.3) is 0 Å². The van der Waals surface area contributed by atoms with Crippen LogP contribution in [0.5, 0.6) is 5.75 Å². The zero-order valence-electron chi connectivity index (χ0n) is 11.3. The van der Waals surface area contributed by atoms with E-state index in [-0.39, 0.29) is 5.91 Å².